The SMILES string of the molecule is CC(C)(C)S(=O)(=O)Nc1ccc(C(=O)Nc2ccc(OCC3CCCCO3)cc2)cc1. The number of hydrogen-bond donors (Lipinski definition) is 2. The highest BCUT2D eigenvalue weighted by molar-refractivity contribution is 7.94. The van der Waals surface area contributed by atoms with Crippen LogP contribution in [-0.2, 0) is 14.8 Å². The molecule has 1 heterocycles. The predicted molar refractivity (Wildman–Crippen MR) is 122 cm³/mol. The molecular weight excluding hydrogens is 416 g/mol. The Morgan fingerprint density at radius 2 is 1.68 bits per heavy atom. The molecule has 1 saturated heterocycles. The quantitative estimate of drug-likeness (QED) is 0.656. The molecule has 2 aromatic carbocycles. The molecule has 1 fully saturated rings. The van der Waals surface area contributed by atoms with Crippen molar-refractivity contribution in [1.82, 2.24) is 0 Å². The monoisotopic (exact) mass is 446 g/mol. The summed E-state index contributed by atoms with van der Waals surface area (Å²) in [5.74, 6) is 0.442. The fourth-order valence-corrected chi connectivity index (χ4v) is 3.72. The molecule has 0 bridgehead atoms. The topological polar surface area (TPSA) is 93.7 Å². The maximum atomic E-state index is 12.5. The Kier molecular flexibility index (Phi) is 7.23. The second-order valence-corrected chi connectivity index (χ2v) is 11.0. The largest absolute Gasteiger partial charge is 0.491 e. The van der Waals surface area contributed by atoms with Crippen molar-refractivity contribution in [1.29, 1.82) is 0 Å². The zero-order valence-corrected chi connectivity index (χ0v) is 19.0. The zero-order valence-electron chi connectivity index (χ0n) is 18.2. The molecule has 0 radical (unpaired) electrons. The van der Waals surface area contributed by atoms with E-state index in [0.29, 0.717) is 23.5 Å². The molecule has 2 N–H and O–H groups in total. The van der Waals surface area contributed by atoms with Crippen molar-refractivity contribution in [3.8, 4) is 5.75 Å². The molecule has 0 aromatic heterocycles. The van der Waals surface area contributed by atoms with Gasteiger partial charge in [-0.1, -0.05) is 0 Å². The number of nitrogens with one attached hydrogen (secondary N) is 2. The number of rotatable bonds is 7. The van der Waals surface area contributed by atoms with Gasteiger partial charge in [0.2, 0.25) is 10.0 Å². The predicted octanol–water partition coefficient (Wildman–Crippen LogP) is 4.43. The number of sulfonamides is 1. The number of ether oxygens (including phenoxy) is 2. The third-order valence-electron chi connectivity index (χ3n) is 5.03. The molecule has 0 aliphatic carbocycles. The summed E-state index contributed by atoms with van der Waals surface area (Å²) in [6, 6.07) is 13.5. The van der Waals surface area contributed by atoms with Crippen molar-refractivity contribution in [3.63, 3.8) is 0 Å². The van der Waals surface area contributed by atoms with E-state index in [4.69, 9.17) is 9.47 Å². The number of hydrogen-bond acceptors (Lipinski definition) is 5. The van der Waals surface area contributed by atoms with Crippen molar-refractivity contribution in [2.45, 2.75) is 50.9 Å². The second kappa shape index (κ2) is 9.70. The molecule has 0 saturated carbocycles. The van der Waals surface area contributed by atoms with Gasteiger partial charge in [-0.3, -0.25) is 9.52 Å². The van der Waals surface area contributed by atoms with Gasteiger partial charge in [-0.05, 0) is 88.6 Å². The van der Waals surface area contributed by atoms with Crippen LogP contribution >= 0.6 is 0 Å². The maximum Gasteiger partial charge on any atom is 0.255 e. The minimum absolute atomic E-state index is 0.143. The minimum Gasteiger partial charge on any atom is -0.491 e. The number of anilines is 2. The normalized spacial score (nSPS) is 17.1. The van der Waals surface area contributed by atoms with Crippen LogP contribution in [0.25, 0.3) is 0 Å². The van der Waals surface area contributed by atoms with Gasteiger partial charge in [-0.15, -0.1) is 0 Å². The third kappa shape index (κ3) is 6.45. The minimum atomic E-state index is -3.52. The van der Waals surface area contributed by atoms with Crippen LogP contribution in [0.1, 0.15) is 50.4 Å². The van der Waals surface area contributed by atoms with Gasteiger partial charge in [0.15, 0.2) is 0 Å². The Balaban J connectivity index is 1.53. The highest BCUT2D eigenvalue weighted by atomic mass is 32.2. The Bertz CT molecular complexity index is 974. The number of carbonyl (C=O) groups excluding carboxylic acids is 1. The van der Waals surface area contributed by atoms with E-state index in [-0.39, 0.29) is 12.0 Å². The van der Waals surface area contributed by atoms with Crippen molar-refractivity contribution in [3.05, 3.63) is 54.1 Å². The summed E-state index contributed by atoms with van der Waals surface area (Å²) in [6.45, 7) is 6.19. The van der Waals surface area contributed by atoms with Crippen LogP contribution in [0.5, 0.6) is 5.75 Å². The first kappa shape index (κ1) is 23.1. The lowest BCUT2D eigenvalue weighted by atomic mass is 10.1. The fourth-order valence-electron chi connectivity index (χ4n) is 2.96. The summed E-state index contributed by atoms with van der Waals surface area (Å²) in [7, 11) is -3.52. The summed E-state index contributed by atoms with van der Waals surface area (Å²) in [5.41, 5.74) is 1.48. The zero-order chi connectivity index (χ0) is 22.5. The molecule has 0 spiro atoms. The first-order chi connectivity index (χ1) is 14.6. The van der Waals surface area contributed by atoms with Gasteiger partial charge in [-0.25, -0.2) is 8.42 Å². The molecule has 8 heteroatoms. The Morgan fingerprint density at radius 3 is 2.26 bits per heavy atom. The highest BCUT2D eigenvalue weighted by Gasteiger charge is 2.28. The summed E-state index contributed by atoms with van der Waals surface area (Å²) in [5, 5.41) is 2.83. The summed E-state index contributed by atoms with van der Waals surface area (Å²) in [4.78, 5) is 12.5. The summed E-state index contributed by atoms with van der Waals surface area (Å²) in [6.07, 6.45) is 3.44. The Labute approximate surface area is 184 Å². The first-order valence-electron chi connectivity index (χ1n) is 10.4. The molecule has 2 aromatic rings. The van der Waals surface area contributed by atoms with Crippen LogP contribution in [-0.4, -0.2) is 38.4 Å². The Morgan fingerprint density at radius 1 is 1.03 bits per heavy atom. The van der Waals surface area contributed by atoms with Gasteiger partial charge in [0.05, 0.1) is 10.9 Å². The van der Waals surface area contributed by atoms with E-state index >= 15 is 0 Å². The van der Waals surface area contributed by atoms with Crippen LogP contribution in [0.3, 0.4) is 0 Å². The molecule has 31 heavy (non-hydrogen) atoms. The van der Waals surface area contributed by atoms with Gasteiger partial charge in [-0.2, -0.15) is 0 Å². The van der Waals surface area contributed by atoms with Gasteiger partial charge in [0.1, 0.15) is 12.4 Å². The van der Waals surface area contributed by atoms with Crippen molar-refractivity contribution in [2.75, 3.05) is 23.3 Å². The molecule has 1 atom stereocenters. The van der Waals surface area contributed by atoms with E-state index in [2.05, 4.69) is 10.0 Å². The molecule has 1 amide bonds. The van der Waals surface area contributed by atoms with E-state index in [1.165, 1.54) is 6.42 Å². The number of amides is 1. The summed E-state index contributed by atoms with van der Waals surface area (Å²) < 4.78 is 37.5. The van der Waals surface area contributed by atoms with E-state index < -0.39 is 14.8 Å². The highest BCUT2D eigenvalue weighted by Crippen LogP contribution is 2.21. The number of carbonyl (C=O) groups is 1. The maximum absolute atomic E-state index is 12.5. The van der Waals surface area contributed by atoms with Crippen LogP contribution in [0, 0.1) is 0 Å². The molecule has 1 aliphatic rings. The van der Waals surface area contributed by atoms with Crippen LogP contribution in [0.2, 0.25) is 0 Å². The first-order valence-corrected chi connectivity index (χ1v) is 11.9. The second-order valence-electron chi connectivity index (χ2n) is 8.57. The number of benzene rings is 2. The van der Waals surface area contributed by atoms with E-state index in [1.807, 2.05) is 12.1 Å². The van der Waals surface area contributed by atoms with E-state index in [1.54, 1.807) is 57.2 Å². The van der Waals surface area contributed by atoms with Gasteiger partial charge in [0.25, 0.3) is 5.91 Å². The van der Waals surface area contributed by atoms with E-state index in [9.17, 15) is 13.2 Å². The fraction of sp³-hybridized carbons (Fsp3) is 0.435. The molecule has 7 nitrogen and oxygen atoms in total. The van der Waals surface area contributed by atoms with Gasteiger partial charge in [0, 0.05) is 23.5 Å². The average Bonchev–Trinajstić information content (AvgIpc) is 2.73. The van der Waals surface area contributed by atoms with Crippen LogP contribution in [0.4, 0.5) is 11.4 Å². The van der Waals surface area contributed by atoms with Crippen LogP contribution in [0.15, 0.2) is 48.5 Å². The smallest absolute Gasteiger partial charge is 0.255 e. The van der Waals surface area contributed by atoms with Gasteiger partial charge >= 0.3 is 0 Å². The van der Waals surface area contributed by atoms with Gasteiger partial charge < -0.3 is 14.8 Å². The molecule has 3 rings (SSSR count). The third-order valence-corrected chi connectivity index (χ3v) is 7.14. The molecule has 1 aliphatic heterocycles. The van der Waals surface area contributed by atoms with Crippen LogP contribution < -0.4 is 14.8 Å². The molecular formula is C23H30N2O5S. The Hall–Kier alpha value is -2.58. The molecule has 168 valence electrons. The van der Waals surface area contributed by atoms with Crippen molar-refractivity contribution >= 4 is 27.3 Å². The lowest BCUT2D eigenvalue weighted by Crippen LogP contribution is -2.33. The lowest BCUT2D eigenvalue weighted by molar-refractivity contribution is -0.0110. The summed E-state index contributed by atoms with van der Waals surface area (Å²) >= 11 is 0. The van der Waals surface area contributed by atoms with Crippen molar-refractivity contribution < 1.29 is 22.7 Å². The average molecular weight is 447 g/mol. The lowest BCUT2D eigenvalue weighted by Gasteiger charge is -2.22. The standard InChI is InChI=1S/C23H30N2O5S/c1-23(2,3)31(27,28)25-19-9-7-17(8-10-19)22(26)24-18-11-13-20(14-12-18)30-16-21-6-4-5-15-29-21/h7-14,21,25H,4-6,15-16H2,1-3H3,(H,24,26). The molecule has 1 unspecified atom stereocenters. The van der Waals surface area contributed by atoms with E-state index in [0.717, 1.165) is 25.2 Å². The van der Waals surface area contributed by atoms with Crippen molar-refractivity contribution in [2.24, 2.45) is 0 Å².